The predicted molar refractivity (Wildman–Crippen MR) is 265 cm³/mol. The number of hydrogen-bond acceptors (Lipinski definition) is 31. The number of anilines is 3. The van der Waals surface area contributed by atoms with Crippen molar-refractivity contribution in [3.05, 3.63) is 46.0 Å². The Bertz CT molecular complexity index is 3900. The first kappa shape index (κ1) is 59.9. The number of aliphatic hydroxyl groups is 3. The number of nitrogen functional groups attached to an aromatic ring is 3. The lowest BCUT2D eigenvalue weighted by Crippen LogP contribution is -2.54. The van der Waals surface area contributed by atoms with Gasteiger partial charge in [0.15, 0.2) is 47.0 Å². The molecule has 0 spiro atoms. The summed E-state index contributed by atoms with van der Waals surface area (Å²) in [5.74, 6) is -1.32. The molecule has 0 amide bonds. The second kappa shape index (κ2) is 21.7. The number of phosphoric ester groups is 3. The summed E-state index contributed by atoms with van der Waals surface area (Å²) >= 11 is 0. The molecular formula is C36H50N15O26P4S+. The lowest BCUT2D eigenvalue weighted by atomic mass is 9.92. The first-order valence-electron chi connectivity index (χ1n) is 23.5. The minimum Gasteiger partial charge on any atom is -0.387 e. The first-order valence-corrected chi connectivity index (χ1v) is 31.5. The van der Waals surface area contributed by atoms with Gasteiger partial charge in [0.1, 0.15) is 70.5 Å². The average Bonchev–Trinajstić information content (AvgIpc) is 2.34. The molecule has 4 fully saturated rings. The molecule has 46 heteroatoms. The molecule has 2 bridgehead atoms. The highest BCUT2D eigenvalue weighted by atomic mass is 32.2. The number of methoxy groups -OCH3 is 1. The summed E-state index contributed by atoms with van der Waals surface area (Å²) in [6.45, 7) is -3.58. The number of aromatic amines is 2. The Morgan fingerprint density at radius 2 is 1.39 bits per heavy atom. The van der Waals surface area contributed by atoms with Crippen molar-refractivity contribution in [1.82, 2.24) is 53.6 Å². The van der Waals surface area contributed by atoms with Crippen LogP contribution < -0.4 is 32.9 Å². The summed E-state index contributed by atoms with van der Waals surface area (Å²) in [6, 6.07) is 0. The van der Waals surface area contributed by atoms with Gasteiger partial charge < -0.3 is 75.8 Å². The lowest BCUT2D eigenvalue weighted by Gasteiger charge is -2.36. The Hall–Kier alpha value is -5.20. The molecule has 10 rings (SSSR count). The summed E-state index contributed by atoms with van der Waals surface area (Å²) in [4.78, 5) is 97.1. The van der Waals surface area contributed by atoms with Gasteiger partial charge >= 0.3 is 36.9 Å². The van der Waals surface area contributed by atoms with Gasteiger partial charge in [-0.05, 0) is 6.42 Å². The van der Waals surface area contributed by atoms with E-state index in [1.54, 1.807) is 0 Å². The smallest absolute Gasteiger partial charge is 0.387 e. The van der Waals surface area contributed by atoms with Gasteiger partial charge in [-0.2, -0.15) is 13.6 Å². The Kier molecular flexibility index (Phi) is 15.9. The van der Waals surface area contributed by atoms with Gasteiger partial charge in [0.25, 0.3) is 17.1 Å². The number of nitrogens with two attached hydrogens (primary N) is 3. The van der Waals surface area contributed by atoms with Crippen LogP contribution in [-0.2, 0) is 85.5 Å². The van der Waals surface area contributed by atoms with E-state index in [-0.39, 0.29) is 51.2 Å². The van der Waals surface area contributed by atoms with E-state index in [1.165, 1.54) is 27.1 Å². The molecule has 4 aliphatic heterocycles. The fraction of sp³-hybridized carbons (Fsp3) is 0.583. The molecule has 17 atom stereocenters. The zero-order valence-electron chi connectivity index (χ0n) is 42.1. The summed E-state index contributed by atoms with van der Waals surface area (Å²) in [5, 5.41) is 33.4. The van der Waals surface area contributed by atoms with E-state index in [9.17, 15) is 71.2 Å². The normalized spacial score (nSPS) is 31.4. The molecule has 450 valence electrons. The minimum atomic E-state index is -6.32. The second-order valence-corrected chi connectivity index (χ2v) is 27.1. The van der Waals surface area contributed by atoms with Gasteiger partial charge in [-0.15, -0.1) is 0 Å². The van der Waals surface area contributed by atoms with Gasteiger partial charge in [-0.25, -0.2) is 51.2 Å². The van der Waals surface area contributed by atoms with Gasteiger partial charge in [0, 0.05) is 13.4 Å². The highest BCUT2D eigenvalue weighted by Gasteiger charge is 2.69. The van der Waals surface area contributed by atoms with E-state index in [0.717, 1.165) is 36.9 Å². The van der Waals surface area contributed by atoms with Gasteiger partial charge in [-0.3, -0.25) is 51.4 Å². The zero-order valence-corrected chi connectivity index (χ0v) is 46.5. The number of aryl methyl sites for hydroxylation is 1. The topological polar surface area (TPSA) is 585 Å². The van der Waals surface area contributed by atoms with E-state index in [1.807, 2.05) is 0 Å². The van der Waals surface area contributed by atoms with E-state index >= 15 is 0 Å². The molecule has 41 nitrogen and oxygen atoms in total. The van der Waals surface area contributed by atoms with Crippen LogP contribution in [0, 0.1) is 0 Å². The number of nitrogens with zero attached hydrogens (tertiary/aromatic N) is 10. The fourth-order valence-corrected chi connectivity index (χ4v) is 14.9. The molecule has 15 N–H and O–H groups in total. The summed E-state index contributed by atoms with van der Waals surface area (Å²) < 4.78 is 142. The maximum atomic E-state index is 13.8. The van der Waals surface area contributed by atoms with Crippen LogP contribution in [0.4, 0.5) is 17.7 Å². The summed E-state index contributed by atoms with van der Waals surface area (Å²) in [6.07, 6.45) is -14.7. The van der Waals surface area contributed by atoms with Crippen LogP contribution in [0.25, 0.3) is 33.5 Å². The molecule has 7 unspecified atom stereocenters. The van der Waals surface area contributed by atoms with Gasteiger partial charge in [-0.1, -0.05) is 4.98 Å². The number of hydrogen-bond donors (Lipinski definition) is 12. The second-order valence-electron chi connectivity index (χ2n) is 18.8. The van der Waals surface area contributed by atoms with Crippen LogP contribution >= 0.6 is 31.3 Å². The number of rotatable bonds is 22. The standard InChI is InChI=1S/C36H49N15O26P4S/c1-48-12-51(28-18(48)30(56)47-35(39)45-28)33-23-24(54)36(74-33,15(73-23)4-5-82(3,65)66)8-70-80(61,62)77-81(63,64)76-79(59,60)69-7-14-21(22(67-2)32(72-14)49-10-42-16-25(37)40-9-41-26(16)49)75-78(57,58)68-6-13-19(52)20(53)31(71-13)50-11-43-17-27(50)44-34(38)46-29(17)55/h9-15,19-24,31-33,52-54H,4-8H2,1-3H3,(H11-,37,38,39,40,41,44,45,46,47,55,56,57,58,59,60,61,62,63,64)/p+1/t13-,14-,15+,19?,20+,21?,22+,23?,24-,31-,32-,33-,36+/m1/s1. The minimum absolute atomic E-state index is 0.00957. The van der Waals surface area contributed by atoms with Gasteiger partial charge in [0.05, 0.1) is 51.4 Å². The quantitative estimate of drug-likeness (QED) is 0.0225. The molecular weight excluding hydrogens is 1210 g/mol. The Morgan fingerprint density at radius 1 is 0.768 bits per heavy atom. The molecule has 6 aromatic heterocycles. The van der Waals surface area contributed by atoms with E-state index in [4.69, 9.17) is 59.0 Å². The van der Waals surface area contributed by atoms with Crippen molar-refractivity contribution in [2.75, 3.05) is 56.1 Å². The van der Waals surface area contributed by atoms with Crippen LogP contribution in [0.5, 0.6) is 0 Å². The predicted octanol–water partition coefficient (Wildman–Crippen LogP) is -4.50. The first-order chi connectivity index (χ1) is 38.3. The largest absolute Gasteiger partial charge is 0.490 e. The monoisotopic (exact) mass is 1260 g/mol. The molecule has 0 aromatic carbocycles. The molecule has 4 saturated heterocycles. The molecule has 10 heterocycles. The Labute approximate surface area is 456 Å². The van der Waals surface area contributed by atoms with Crippen LogP contribution in [-0.4, -0.2) is 196 Å². The summed E-state index contributed by atoms with van der Waals surface area (Å²) in [7, 11) is -25.1. The van der Waals surface area contributed by atoms with Gasteiger partial charge in [0.2, 0.25) is 17.7 Å². The number of nitrogens with one attached hydrogen (secondary N) is 2. The third-order valence-electron chi connectivity index (χ3n) is 13.3. The Balaban J connectivity index is 0.831. The molecule has 0 aliphatic carbocycles. The maximum absolute atomic E-state index is 13.8. The van der Waals surface area contributed by atoms with Crippen LogP contribution in [0.1, 0.15) is 25.1 Å². The number of aromatic nitrogens is 12. The summed E-state index contributed by atoms with van der Waals surface area (Å²) in [5.41, 5.74) is 13.2. The highest BCUT2D eigenvalue weighted by Crippen LogP contribution is 2.68. The fourth-order valence-electron chi connectivity index (χ4n) is 9.78. The van der Waals surface area contributed by atoms with Crippen molar-refractivity contribution in [3.63, 3.8) is 0 Å². The average molecular weight is 1260 g/mol. The lowest BCUT2D eigenvalue weighted by molar-refractivity contribution is -0.753. The van der Waals surface area contributed by atoms with E-state index in [0.29, 0.717) is 0 Å². The molecule has 0 radical (unpaired) electrons. The van der Waals surface area contributed by atoms with Crippen LogP contribution in [0.15, 0.2) is 34.9 Å². The number of imidazole rings is 3. The zero-order chi connectivity index (χ0) is 59.4. The molecule has 6 aromatic rings. The van der Waals surface area contributed by atoms with Crippen molar-refractivity contribution in [2.45, 2.75) is 85.6 Å². The van der Waals surface area contributed by atoms with Crippen molar-refractivity contribution >= 4 is 92.3 Å². The number of aliphatic hydroxyl groups excluding tert-OH is 3. The van der Waals surface area contributed by atoms with Crippen molar-refractivity contribution in [1.29, 1.82) is 0 Å². The highest BCUT2D eigenvalue weighted by molar-refractivity contribution is 7.90. The van der Waals surface area contributed by atoms with Crippen LogP contribution in [0.3, 0.4) is 0 Å². The number of ether oxygens (including phenoxy) is 5. The van der Waals surface area contributed by atoms with E-state index < -0.39 is 163 Å². The number of fused-ring (bicyclic) bond motifs is 5. The van der Waals surface area contributed by atoms with Crippen LogP contribution in [0.2, 0.25) is 0 Å². The molecule has 82 heavy (non-hydrogen) atoms. The molecule has 4 aliphatic rings. The number of phosphoric acid groups is 4. The maximum Gasteiger partial charge on any atom is 0.490 e. The van der Waals surface area contributed by atoms with Crippen molar-refractivity contribution < 1.29 is 117 Å². The van der Waals surface area contributed by atoms with E-state index in [2.05, 4.69) is 48.5 Å². The third-order valence-corrected chi connectivity index (χ3v) is 19.5. The van der Waals surface area contributed by atoms with Crippen molar-refractivity contribution in [2.24, 2.45) is 7.05 Å². The number of H-pyrrole nitrogens is 2. The third kappa shape index (κ3) is 11.6. The van der Waals surface area contributed by atoms with Crippen molar-refractivity contribution in [3.8, 4) is 0 Å². The Morgan fingerprint density at radius 3 is 2.09 bits per heavy atom. The number of sulfone groups is 1. The SMILES string of the molecule is CO[C@H]1C(OP(=O)(O)OC[C@H]2O[C@@H](n3cnc4c(=O)[nH]c(N)nc43)[C@@H](O)C2O)[C@@H](COP(=O)(O)OP(=O)(O)OP(=O)(O)OC[C@]23O[C@@H]([n+]4cn(C)c5c(=O)[nH]c(N)nc54)C(O[C@H]2CCS(C)(=O)=O)[C@H]3O)O[C@H]1n1cnc2c(N)ncnc21. The molecule has 0 saturated carbocycles.